The van der Waals surface area contributed by atoms with Gasteiger partial charge < -0.3 is 4.42 Å². The van der Waals surface area contributed by atoms with Crippen LogP contribution >= 0.6 is 0 Å². The summed E-state index contributed by atoms with van der Waals surface area (Å²) >= 11 is 0. The molecule has 0 spiro atoms. The Morgan fingerprint density at radius 3 is 2.92 bits per heavy atom. The fourth-order valence-corrected chi connectivity index (χ4v) is 1.61. The van der Waals surface area contributed by atoms with E-state index in [-0.39, 0.29) is 5.78 Å². The average molecular weight is 176 g/mol. The molecule has 1 aromatic heterocycles. The molecule has 0 radical (unpaired) electrons. The highest BCUT2D eigenvalue weighted by atomic mass is 16.3. The van der Waals surface area contributed by atoms with Gasteiger partial charge in [0, 0.05) is 0 Å². The lowest BCUT2D eigenvalue weighted by Gasteiger charge is -2.09. The van der Waals surface area contributed by atoms with Crippen molar-refractivity contribution >= 4 is 5.78 Å². The maximum absolute atomic E-state index is 11.7. The molecule has 0 saturated heterocycles. The predicted octanol–water partition coefficient (Wildman–Crippen LogP) is 2.96. The van der Waals surface area contributed by atoms with E-state index in [2.05, 4.69) is 0 Å². The normalized spacial score (nSPS) is 16.8. The Bertz CT molecular complexity index is 320. The molecule has 1 aliphatic carbocycles. The zero-order chi connectivity index (χ0) is 9.10. The highest BCUT2D eigenvalue weighted by Gasteiger charge is 2.15. The lowest BCUT2D eigenvalue weighted by atomic mass is 9.95. The van der Waals surface area contributed by atoms with E-state index in [1.54, 1.807) is 12.1 Å². The quantitative estimate of drug-likeness (QED) is 0.648. The Balaban J connectivity index is 2.17. The average Bonchev–Trinajstić information content (AvgIpc) is 2.71. The van der Waals surface area contributed by atoms with E-state index in [1.165, 1.54) is 12.7 Å². The third-order valence-electron chi connectivity index (χ3n) is 2.33. The van der Waals surface area contributed by atoms with Gasteiger partial charge in [-0.1, -0.05) is 6.08 Å². The standard InChI is InChI=1S/C11H12O2/c12-11(10-7-4-8-13-10)9-5-2-1-3-6-9/h4-5,7-8H,1-3,6H2. The van der Waals surface area contributed by atoms with Crippen molar-refractivity contribution < 1.29 is 9.21 Å². The Hall–Kier alpha value is -1.31. The number of allylic oxidation sites excluding steroid dienone is 2. The molecule has 1 aliphatic rings. The summed E-state index contributed by atoms with van der Waals surface area (Å²) in [5.74, 6) is 0.526. The maximum atomic E-state index is 11.7. The molecule has 68 valence electrons. The largest absolute Gasteiger partial charge is 0.461 e. The van der Waals surface area contributed by atoms with E-state index in [0.29, 0.717) is 5.76 Å². The molecule has 0 saturated carbocycles. The minimum atomic E-state index is 0.0599. The number of hydrogen-bond acceptors (Lipinski definition) is 2. The topological polar surface area (TPSA) is 30.2 Å². The molecule has 0 amide bonds. The van der Waals surface area contributed by atoms with Crippen LogP contribution in [-0.2, 0) is 0 Å². The van der Waals surface area contributed by atoms with Crippen molar-refractivity contribution in [2.45, 2.75) is 25.7 Å². The summed E-state index contributed by atoms with van der Waals surface area (Å²) in [5, 5.41) is 0. The van der Waals surface area contributed by atoms with Crippen LogP contribution in [-0.4, -0.2) is 5.78 Å². The SMILES string of the molecule is O=C(C1=CCCCC1)c1ccco1. The van der Waals surface area contributed by atoms with Gasteiger partial charge in [0.1, 0.15) is 0 Å². The van der Waals surface area contributed by atoms with E-state index in [9.17, 15) is 4.79 Å². The monoisotopic (exact) mass is 176 g/mol. The Morgan fingerprint density at radius 2 is 2.31 bits per heavy atom. The molecule has 0 aliphatic heterocycles. The summed E-state index contributed by atoms with van der Waals surface area (Å²) in [6.45, 7) is 0. The zero-order valence-electron chi connectivity index (χ0n) is 7.45. The van der Waals surface area contributed by atoms with E-state index in [4.69, 9.17) is 4.42 Å². The summed E-state index contributed by atoms with van der Waals surface area (Å²) in [7, 11) is 0. The molecule has 1 aromatic rings. The van der Waals surface area contributed by atoms with Crippen molar-refractivity contribution in [2.75, 3.05) is 0 Å². The minimum absolute atomic E-state index is 0.0599. The lowest BCUT2D eigenvalue weighted by molar-refractivity contribution is 0.0999. The van der Waals surface area contributed by atoms with Crippen molar-refractivity contribution in [3.63, 3.8) is 0 Å². The summed E-state index contributed by atoms with van der Waals surface area (Å²) in [6.07, 6.45) is 7.83. The van der Waals surface area contributed by atoms with Crippen molar-refractivity contribution in [3.05, 3.63) is 35.8 Å². The highest BCUT2D eigenvalue weighted by molar-refractivity contribution is 6.06. The molecule has 0 atom stereocenters. The van der Waals surface area contributed by atoms with Crippen LogP contribution in [0.25, 0.3) is 0 Å². The van der Waals surface area contributed by atoms with Gasteiger partial charge in [-0.05, 0) is 43.4 Å². The molecule has 2 rings (SSSR count). The number of carbonyl (C=O) groups excluding carboxylic acids is 1. The van der Waals surface area contributed by atoms with Gasteiger partial charge in [0.2, 0.25) is 5.78 Å². The first-order valence-corrected chi connectivity index (χ1v) is 4.65. The summed E-state index contributed by atoms with van der Waals surface area (Å²) in [5.41, 5.74) is 0.918. The van der Waals surface area contributed by atoms with Crippen LogP contribution in [0.15, 0.2) is 34.5 Å². The molecule has 0 N–H and O–H groups in total. The molecule has 13 heavy (non-hydrogen) atoms. The second kappa shape index (κ2) is 3.60. The van der Waals surface area contributed by atoms with E-state index in [1.807, 2.05) is 6.08 Å². The first-order chi connectivity index (χ1) is 6.38. The van der Waals surface area contributed by atoms with E-state index >= 15 is 0 Å². The van der Waals surface area contributed by atoms with Crippen molar-refractivity contribution in [3.8, 4) is 0 Å². The first kappa shape index (κ1) is 8.30. The second-order valence-electron chi connectivity index (χ2n) is 3.28. The minimum Gasteiger partial charge on any atom is -0.461 e. The summed E-state index contributed by atoms with van der Waals surface area (Å²) in [6, 6.07) is 3.47. The highest BCUT2D eigenvalue weighted by Crippen LogP contribution is 2.21. The van der Waals surface area contributed by atoms with Crippen LogP contribution in [0.5, 0.6) is 0 Å². The lowest BCUT2D eigenvalue weighted by Crippen LogP contribution is -2.04. The van der Waals surface area contributed by atoms with Crippen LogP contribution in [0, 0.1) is 0 Å². The first-order valence-electron chi connectivity index (χ1n) is 4.65. The van der Waals surface area contributed by atoms with Gasteiger partial charge in [0.05, 0.1) is 6.26 Å². The van der Waals surface area contributed by atoms with Crippen LogP contribution < -0.4 is 0 Å². The smallest absolute Gasteiger partial charge is 0.223 e. The maximum Gasteiger partial charge on any atom is 0.223 e. The van der Waals surface area contributed by atoms with Crippen LogP contribution in [0.4, 0.5) is 0 Å². The fraction of sp³-hybridized carbons (Fsp3) is 0.364. The van der Waals surface area contributed by atoms with Gasteiger partial charge in [-0.25, -0.2) is 0 Å². The Labute approximate surface area is 77.2 Å². The van der Waals surface area contributed by atoms with E-state index < -0.39 is 0 Å². The summed E-state index contributed by atoms with van der Waals surface area (Å²) in [4.78, 5) is 11.7. The molecule has 0 bridgehead atoms. The fourth-order valence-electron chi connectivity index (χ4n) is 1.61. The number of hydrogen-bond donors (Lipinski definition) is 0. The Kier molecular flexibility index (Phi) is 2.30. The van der Waals surface area contributed by atoms with Crippen LogP contribution in [0.2, 0.25) is 0 Å². The van der Waals surface area contributed by atoms with Crippen LogP contribution in [0.1, 0.15) is 36.2 Å². The van der Waals surface area contributed by atoms with Crippen molar-refractivity contribution in [1.29, 1.82) is 0 Å². The molecule has 0 unspecified atom stereocenters. The molecule has 0 aromatic carbocycles. The third kappa shape index (κ3) is 1.72. The second-order valence-corrected chi connectivity index (χ2v) is 3.28. The predicted molar refractivity (Wildman–Crippen MR) is 49.6 cm³/mol. The van der Waals surface area contributed by atoms with Gasteiger partial charge in [-0.3, -0.25) is 4.79 Å². The zero-order valence-corrected chi connectivity index (χ0v) is 7.45. The molecule has 2 nitrogen and oxygen atoms in total. The third-order valence-corrected chi connectivity index (χ3v) is 2.33. The summed E-state index contributed by atoms with van der Waals surface area (Å²) < 4.78 is 5.06. The molecular formula is C11H12O2. The van der Waals surface area contributed by atoms with Crippen molar-refractivity contribution in [1.82, 2.24) is 0 Å². The molecule has 2 heteroatoms. The number of rotatable bonds is 2. The van der Waals surface area contributed by atoms with Gasteiger partial charge >= 0.3 is 0 Å². The number of ketones is 1. The van der Waals surface area contributed by atoms with Gasteiger partial charge in [0.25, 0.3) is 0 Å². The van der Waals surface area contributed by atoms with Gasteiger partial charge in [-0.2, -0.15) is 0 Å². The van der Waals surface area contributed by atoms with Gasteiger partial charge in [-0.15, -0.1) is 0 Å². The number of Topliss-reactive ketones (excluding diaryl/α,β-unsaturated/α-hetero) is 1. The van der Waals surface area contributed by atoms with Crippen molar-refractivity contribution in [2.24, 2.45) is 0 Å². The molecule has 0 fully saturated rings. The molecular weight excluding hydrogens is 164 g/mol. The van der Waals surface area contributed by atoms with E-state index in [0.717, 1.165) is 24.8 Å². The Morgan fingerprint density at radius 1 is 1.38 bits per heavy atom. The molecule has 1 heterocycles. The number of carbonyl (C=O) groups is 1. The number of furan rings is 1. The van der Waals surface area contributed by atoms with Gasteiger partial charge in [0.15, 0.2) is 5.76 Å². The van der Waals surface area contributed by atoms with Crippen LogP contribution in [0.3, 0.4) is 0 Å².